The Hall–Kier alpha value is -0.350. The van der Waals surface area contributed by atoms with Gasteiger partial charge >= 0.3 is 0 Å². The van der Waals surface area contributed by atoms with Gasteiger partial charge in [0.1, 0.15) is 0 Å². The molecule has 0 unspecified atom stereocenters. The van der Waals surface area contributed by atoms with Crippen LogP contribution in [0.15, 0.2) is 33.4 Å². The maximum atomic E-state index is 6.13. The van der Waals surface area contributed by atoms with Crippen LogP contribution < -0.4 is 5.32 Å². The van der Waals surface area contributed by atoms with Gasteiger partial charge in [-0.15, -0.1) is 0 Å². The monoisotopic (exact) mass is 315 g/mol. The minimum atomic E-state index is 0.786. The van der Waals surface area contributed by atoms with Crippen LogP contribution in [0.1, 0.15) is 5.56 Å². The van der Waals surface area contributed by atoms with E-state index >= 15 is 0 Å². The number of benzene rings is 1. The lowest BCUT2D eigenvalue weighted by Gasteiger charge is -2.06. The van der Waals surface area contributed by atoms with Gasteiger partial charge in [0.2, 0.25) is 0 Å². The molecule has 2 rings (SSSR count). The third-order valence-corrected chi connectivity index (χ3v) is 4.41. The molecule has 0 fully saturated rings. The zero-order valence-electron chi connectivity index (χ0n) is 8.76. The Labute approximate surface area is 113 Å². The molecule has 0 aliphatic heterocycles. The summed E-state index contributed by atoms with van der Waals surface area (Å²) in [6.45, 7) is 0.786. The van der Waals surface area contributed by atoms with Crippen molar-refractivity contribution < 1.29 is 0 Å². The summed E-state index contributed by atoms with van der Waals surface area (Å²) in [5, 5.41) is 8.15. The fourth-order valence-corrected chi connectivity index (χ4v) is 3.27. The maximum Gasteiger partial charge on any atom is 0.0451 e. The molecule has 16 heavy (non-hydrogen) atoms. The molecule has 0 aliphatic rings. The van der Waals surface area contributed by atoms with Crippen LogP contribution in [0.4, 0.5) is 0 Å². The van der Waals surface area contributed by atoms with Gasteiger partial charge in [-0.05, 0) is 51.6 Å². The van der Waals surface area contributed by atoms with Gasteiger partial charge < -0.3 is 5.32 Å². The van der Waals surface area contributed by atoms with E-state index in [2.05, 4.69) is 38.1 Å². The standard InChI is InChI=1S/C12H11BrClNS/c1-15-5-9-4-8(2-3-12(9)14)10-6-16-7-11(10)13/h2-4,6-7,15H,5H2,1H3. The zero-order chi connectivity index (χ0) is 11.5. The number of thiophene rings is 1. The Morgan fingerprint density at radius 1 is 1.38 bits per heavy atom. The second kappa shape index (κ2) is 5.32. The second-order valence-electron chi connectivity index (χ2n) is 3.47. The molecule has 4 heteroatoms. The van der Waals surface area contributed by atoms with E-state index in [9.17, 15) is 0 Å². The number of hydrogen-bond donors (Lipinski definition) is 1. The molecule has 2 aromatic rings. The molecule has 0 saturated carbocycles. The van der Waals surface area contributed by atoms with Crippen LogP contribution in [0, 0.1) is 0 Å². The molecule has 0 spiro atoms. The number of hydrogen-bond acceptors (Lipinski definition) is 2. The second-order valence-corrected chi connectivity index (χ2v) is 5.48. The Morgan fingerprint density at radius 3 is 2.81 bits per heavy atom. The highest BCUT2D eigenvalue weighted by Gasteiger charge is 2.06. The summed E-state index contributed by atoms with van der Waals surface area (Å²) in [5.74, 6) is 0. The van der Waals surface area contributed by atoms with Gasteiger partial charge in [0, 0.05) is 27.0 Å². The average molecular weight is 317 g/mol. The Bertz CT molecular complexity index is 496. The summed E-state index contributed by atoms with van der Waals surface area (Å²) >= 11 is 11.4. The first kappa shape index (κ1) is 12.1. The topological polar surface area (TPSA) is 12.0 Å². The van der Waals surface area contributed by atoms with Crippen LogP contribution in [0.5, 0.6) is 0 Å². The van der Waals surface area contributed by atoms with Crippen molar-refractivity contribution in [1.29, 1.82) is 0 Å². The van der Waals surface area contributed by atoms with E-state index in [0.29, 0.717) is 0 Å². The van der Waals surface area contributed by atoms with Crippen molar-refractivity contribution in [3.8, 4) is 11.1 Å². The van der Waals surface area contributed by atoms with E-state index in [-0.39, 0.29) is 0 Å². The molecule has 1 heterocycles. The zero-order valence-corrected chi connectivity index (χ0v) is 11.9. The predicted octanol–water partition coefficient (Wildman–Crippen LogP) is 4.55. The van der Waals surface area contributed by atoms with Gasteiger partial charge in [0.25, 0.3) is 0 Å². The number of rotatable bonds is 3. The molecular weight excluding hydrogens is 306 g/mol. The van der Waals surface area contributed by atoms with Crippen molar-refractivity contribution >= 4 is 38.9 Å². The van der Waals surface area contributed by atoms with Crippen LogP contribution >= 0.6 is 38.9 Å². The molecule has 1 N–H and O–H groups in total. The van der Waals surface area contributed by atoms with Crippen molar-refractivity contribution in [3.05, 3.63) is 44.0 Å². The number of nitrogens with one attached hydrogen (secondary N) is 1. The summed E-state index contributed by atoms with van der Waals surface area (Å²) in [6, 6.07) is 6.13. The smallest absolute Gasteiger partial charge is 0.0451 e. The normalized spacial score (nSPS) is 10.7. The van der Waals surface area contributed by atoms with Crippen molar-refractivity contribution in [2.45, 2.75) is 6.54 Å². The van der Waals surface area contributed by atoms with Crippen LogP contribution in [-0.2, 0) is 6.54 Å². The third-order valence-electron chi connectivity index (χ3n) is 2.34. The average Bonchev–Trinajstić information content (AvgIpc) is 2.68. The van der Waals surface area contributed by atoms with Crippen molar-refractivity contribution in [3.63, 3.8) is 0 Å². The maximum absolute atomic E-state index is 6.13. The Balaban J connectivity index is 2.43. The lowest BCUT2D eigenvalue weighted by Crippen LogP contribution is -2.05. The Kier molecular flexibility index (Phi) is 4.03. The minimum Gasteiger partial charge on any atom is -0.316 e. The fourth-order valence-electron chi connectivity index (χ4n) is 1.56. The lowest BCUT2D eigenvalue weighted by molar-refractivity contribution is 0.818. The summed E-state index contributed by atoms with van der Waals surface area (Å²) < 4.78 is 1.13. The van der Waals surface area contributed by atoms with Gasteiger partial charge in [0.05, 0.1) is 0 Å². The first-order chi connectivity index (χ1) is 7.72. The number of halogens is 2. The largest absolute Gasteiger partial charge is 0.316 e. The van der Waals surface area contributed by atoms with E-state index in [1.165, 1.54) is 11.1 Å². The summed E-state index contributed by atoms with van der Waals surface area (Å²) in [4.78, 5) is 0. The first-order valence-corrected chi connectivity index (χ1v) is 6.99. The van der Waals surface area contributed by atoms with E-state index in [4.69, 9.17) is 11.6 Å². The van der Waals surface area contributed by atoms with Gasteiger partial charge in [0.15, 0.2) is 0 Å². The van der Waals surface area contributed by atoms with E-state index < -0.39 is 0 Å². The van der Waals surface area contributed by atoms with Gasteiger partial charge in [-0.1, -0.05) is 17.7 Å². The molecular formula is C12H11BrClNS. The van der Waals surface area contributed by atoms with Gasteiger partial charge in [-0.2, -0.15) is 11.3 Å². The molecule has 1 nitrogen and oxygen atoms in total. The quantitative estimate of drug-likeness (QED) is 0.876. The third kappa shape index (κ3) is 2.48. The van der Waals surface area contributed by atoms with Gasteiger partial charge in [-0.3, -0.25) is 0 Å². The molecule has 1 aromatic heterocycles. The Morgan fingerprint density at radius 2 is 2.19 bits per heavy atom. The molecule has 0 radical (unpaired) electrons. The predicted molar refractivity (Wildman–Crippen MR) is 75.2 cm³/mol. The SMILES string of the molecule is CNCc1cc(-c2cscc2Br)ccc1Cl. The lowest BCUT2D eigenvalue weighted by atomic mass is 10.1. The minimum absolute atomic E-state index is 0.786. The highest BCUT2D eigenvalue weighted by molar-refractivity contribution is 9.10. The molecule has 0 amide bonds. The van der Waals surface area contributed by atoms with Crippen molar-refractivity contribution in [2.24, 2.45) is 0 Å². The summed E-state index contributed by atoms with van der Waals surface area (Å²) in [7, 11) is 1.92. The summed E-state index contributed by atoms with van der Waals surface area (Å²) in [6.07, 6.45) is 0. The first-order valence-electron chi connectivity index (χ1n) is 4.87. The highest BCUT2D eigenvalue weighted by atomic mass is 79.9. The van der Waals surface area contributed by atoms with Crippen molar-refractivity contribution in [2.75, 3.05) is 7.05 Å². The fraction of sp³-hybridized carbons (Fsp3) is 0.167. The van der Waals surface area contributed by atoms with Gasteiger partial charge in [-0.25, -0.2) is 0 Å². The molecule has 84 valence electrons. The van der Waals surface area contributed by atoms with Crippen LogP contribution in [-0.4, -0.2) is 7.05 Å². The molecule has 0 atom stereocenters. The van der Waals surface area contributed by atoms with E-state index in [1.807, 2.05) is 19.2 Å². The van der Waals surface area contributed by atoms with E-state index in [0.717, 1.165) is 21.6 Å². The summed E-state index contributed by atoms with van der Waals surface area (Å²) in [5.41, 5.74) is 3.54. The van der Waals surface area contributed by atoms with E-state index in [1.54, 1.807) is 11.3 Å². The molecule has 1 aromatic carbocycles. The van der Waals surface area contributed by atoms with Crippen LogP contribution in [0.2, 0.25) is 5.02 Å². The van der Waals surface area contributed by atoms with Crippen molar-refractivity contribution in [1.82, 2.24) is 5.32 Å². The molecule has 0 saturated heterocycles. The molecule has 0 bridgehead atoms. The van der Waals surface area contributed by atoms with Crippen LogP contribution in [0.25, 0.3) is 11.1 Å². The van der Waals surface area contributed by atoms with Crippen LogP contribution in [0.3, 0.4) is 0 Å². The molecule has 0 aliphatic carbocycles. The highest BCUT2D eigenvalue weighted by Crippen LogP contribution is 2.33.